The van der Waals surface area contributed by atoms with Gasteiger partial charge in [-0.3, -0.25) is 24.6 Å². The molecule has 4 rings (SSSR count). The molecule has 2 aliphatic heterocycles. The third kappa shape index (κ3) is 4.10. The third-order valence-corrected chi connectivity index (χ3v) is 7.57. The predicted molar refractivity (Wildman–Crippen MR) is 136 cm³/mol. The van der Waals surface area contributed by atoms with Gasteiger partial charge in [-0.25, -0.2) is 0 Å². The number of fused-ring (bicyclic) bond motifs is 1. The number of hydrogen-bond acceptors (Lipinski definition) is 4. The molecule has 0 saturated carbocycles. The predicted octanol–water partition coefficient (Wildman–Crippen LogP) is 4.77. The lowest BCUT2D eigenvalue weighted by Crippen LogP contribution is -2.60. The summed E-state index contributed by atoms with van der Waals surface area (Å²) in [4.78, 5) is 41.3. The highest BCUT2D eigenvalue weighted by molar-refractivity contribution is 6.10. The summed E-state index contributed by atoms with van der Waals surface area (Å²) in [6.45, 7) is 9.19. The van der Waals surface area contributed by atoms with Crippen LogP contribution in [0.5, 0.6) is 0 Å². The molecule has 6 nitrogen and oxygen atoms in total. The molecular formula is C29H34N2O4. The van der Waals surface area contributed by atoms with Gasteiger partial charge in [0, 0.05) is 11.6 Å². The van der Waals surface area contributed by atoms with Gasteiger partial charge in [0.05, 0.1) is 11.8 Å². The van der Waals surface area contributed by atoms with E-state index in [9.17, 15) is 19.5 Å². The third-order valence-electron chi connectivity index (χ3n) is 7.57. The lowest BCUT2D eigenvalue weighted by atomic mass is 9.72. The fourth-order valence-electron chi connectivity index (χ4n) is 5.64. The maximum Gasteiger partial charge on any atom is 0.325 e. The van der Waals surface area contributed by atoms with Crippen molar-refractivity contribution >= 4 is 29.9 Å². The zero-order valence-electron chi connectivity index (χ0n) is 21.0. The zero-order chi connectivity index (χ0) is 25.5. The molecule has 0 spiro atoms. The van der Waals surface area contributed by atoms with E-state index in [1.54, 1.807) is 0 Å². The van der Waals surface area contributed by atoms with Crippen molar-refractivity contribution in [2.75, 3.05) is 0 Å². The van der Waals surface area contributed by atoms with Crippen LogP contribution in [-0.2, 0) is 14.4 Å². The minimum absolute atomic E-state index is 0.301. The Morgan fingerprint density at radius 1 is 1.03 bits per heavy atom. The van der Waals surface area contributed by atoms with Gasteiger partial charge < -0.3 is 5.11 Å². The fourth-order valence-corrected chi connectivity index (χ4v) is 5.64. The summed E-state index contributed by atoms with van der Waals surface area (Å²) in [7, 11) is 0. The number of imide groups is 1. The van der Waals surface area contributed by atoms with E-state index in [4.69, 9.17) is 0 Å². The van der Waals surface area contributed by atoms with Crippen LogP contribution < -0.4 is 5.32 Å². The van der Waals surface area contributed by atoms with E-state index < -0.39 is 40.8 Å². The van der Waals surface area contributed by atoms with Crippen LogP contribution in [0.1, 0.15) is 63.8 Å². The summed E-state index contributed by atoms with van der Waals surface area (Å²) in [6.07, 6.45) is 4.60. The van der Waals surface area contributed by atoms with Crippen LogP contribution >= 0.6 is 0 Å². The van der Waals surface area contributed by atoms with E-state index in [-0.39, 0.29) is 11.8 Å². The van der Waals surface area contributed by atoms with Crippen LogP contribution in [0.4, 0.5) is 0 Å². The smallest absolute Gasteiger partial charge is 0.325 e. The van der Waals surface area contributed by atoms with Crippen molar-refractivity contribution in [3.8, 4) is 0 Å². The molecule has 0 aromatic heterocycles. The van der Waals surface area contributed by atoms with Crippen molar-refractivity contribution in [3.05, 3.63) is 71.3 Å². The average Bonchev–Trinajstić information content (AvgIpc) is 3.32. The van der Waals surface area contributed by atoms with Crippen molar-refractivity contribution in [2.24, 2.45) is 17.8 Å². The number of carbonyl (C=O) groups excluding carboxylic acids is 2. The fraction of sp³-hybridized carbons (Fsp3) is 0.414. The number of carboxylic acids is 1. The Kier molecular flexibility index (Phi) is 6.45. The Labute approximate surface area is 207 Å². The summed E-state index contributed by atoms with van der Waals surface area (Å²) in [5.41, 5.74) is 0.648. The molecular weight excluding hydrogens is 440 g/mol. The molecule has 2 fully saturated rings. The molecule has 2 N–H and O–H groups in total. The summed E-state index contributed by atoms with van der Waals surface area (Å²) >= 11 is 0. The minimum atomic E-state index is -1.51. The van der Waals surface area contributed by atoms with Crippen molar-refractivity contribution in [1.29, 1.82) is 0 Å². The largest absolute Gasteiger partial charge is 0.480 e. The zero-order valence-corrected chi connectivity index (χ0v) is 21.0. The molecule has 2 amide bonds. The Balaban J connectivity index is 1.73. The Hall–Kier alpha value is -3.25. The Morgan fingerprint density at radius 2 is 1.60 bits per heavy atom. The first-order valence-corrected chi connectivity index (χ1v) is 12.2. The number of carboxylic acid groups (broad SMARTS) is 1. The van der Waals surface area contributed by atoms with Crippen LogP contribution in [0.3, 0.4) is 0 Å². The molecule has 184 valence electrons. The van der Waals surface area contributed by atoms with Gasteiger partial charge in [0.25, 0.3) is 0 Å². The Bertz CT molecular complexity index is 1150. The molecule has 2 aromatic carbocycles. The van der Waals surface area contributed by atoms with Gasteiger partial charge in [0.1, 0.15) is 5.54 Å². The molecule has 2 aliphatic rings. The van der Waals surface area contributed by atoms with Crippen LogP contribution in [0.15, 0.2) is 54.6 Å². The first-order chi connectivity index (χ1) is 16.5. The van der Waals surface area contributed by atoms with E-state index >= 15 is 0 Å². The van der Waals surface area contributed by atoms with Gasteiger partial charge in [-0.15, -0.1) is 0 Å². The molecule has 0 radical (unpaired) electrons. The Morgan fingerprint density at radius 3 is 2.11 bits per heavy atom. The van der Waals surface area contributed by atoms with Gasteiger partial charge >= 0.3 is 5.97 Å². The maximum atomic E-state index is 13.6. The number of benzene rings is 2. The molecule has 2 saturated heterocycles. The first-order valence-electron chi connectivity index (χ1n) is 12.2. The van der Waals surface area contributed by atoms with Gasteiger partial charge in [-0.1, -0.05) is 87.0 Å². The lowest BCUT2D eigenvalue weighted by molar-refractivity contribution is -0.156. The van der Waals surface area contributed by atoms with E-state index in [1.807, 2.05) is 101 Å². The average molecular weight is 475 g/mol. The number of carbonyl (C=O) groups is 3. The van der Waals surface area contributed by atoms with Crippen LogP contribution in [0.25, 0.3) is 12.2 Å². The molecule has 0 bridgehead atoms. The number of amides is 2. The van der Waals surface area contributed by atoms with Crippen molar-refractivity contribution in [2.45, 2.75) is 58.2 Å². The number of aliphatic carboxylic acids is 1. The van der Waals surface area contributed by atoms with E-state index in [0.29, 0.717) is 6.42 Å². The molecule has 2 heterocycles. The topological polar surface area (TPSA) is 86.7 Å². The monoisotopic (exact) mass is 474 g/mol. The van der Waals surface area contributed by atoms with E-state index in [2.05, 4.69) is 5.32 Å². The van der Waals surface area contributed by atoms with Crippen LogP contribution in [0, 0.1) is 17.8 Å². The van der Waals surface area contributed by atoms with E-state index in [0.717, 1.165) is 16.7 Å². The quantitative estimate of drug-likeness (QED) is 0.465. The summed E-state index contributed by atoms with van der Waals surface area (Å²) < 4.78 is 0. The number of rotatable bonds is 6. The second-order valence-corrected chi connectivity index (χ2v) is 10.7. The second kappa shape index (κ2) is 9.08. The minimum Gasteiger partial charge on any atom is -0.480 e. The van der Waals surface area contributed by atoms with Gasteiger partial charge in [-0.2, -0.15) is 0 Å². The van der Waals surface area contributed by atoms with Crippen LogP contribution in [0.2, 0.25) is 0 Å². The summed E-state index contributed by atoms with van der Waals surface area (Å²) in [5, 5.41) is 13.7. The molecule has 5 unspecified atom stereocenters. The first kappa shape index (κ1) is 24.9. The SMILES string of the molecule is CCC(C)C1(C(=O)O)NC(c2ccc(C=Cc3ccccc3)cc2)C2C(=O)N(C(C)(C)C)C(=O)C21. The molecule has 5 atom stereocenters. The molecule has 35 heavy (non-hydrogen) atoms. The van der Waals surface area contributed by atoms with E-state index in [1.165, 1.54) is 4.90 Å². The van der Waals surface area contributed by atoms with Crippen LogP contribution in [-0.4, -0.2) is 38.9 Å². The van der Waals surface area contributed by atoms with Crippen molar-refractivity contribution in [3.63, 3.8) is 0 Å². The van der Waals surface area contributed by atoms with Gasteiger partial charge in [0.2, 0.25) is 11.8 Å². The number of nitrogens with one attached hydrogen (secondary N) is 1. The molecule has 2 aromatic rings. The van der Waals surface area contributed by atoms with Crippen molar-refractivity contribution < 1.29 is 19.5 Å². The highest BCUT2D eigenvalue weighted by atomic mass is 16.4. The number of nitrogens with zero attached hydrogens (tertiary/aromatic N) is 1. The maximum absolute atomic E-state index is 13.6. The highest BCUT2D eigenvalue weighted by Gasteiger charge is 2.70. The molecule has 0 aliphatic carbocycles. The summed E-state index contributed by atoms with van der Waals surface area (Å²) in [6, 6.07) is 17.2. The number of hydrogen-bond donors (Lipinski definition) is 2. The second-order valence-electron chi connectivity index (χ2n) is 10.7. The molecule has 6 heteroatoms. The van der Waals surface area contributed by atoms with Gasteiger partial charge in [0.15, 0.2) is 0 Å². The van der Waals surface area contributed by atoms with Gasteiger partial charge in [-0.05, 0) is 43.4 Å². The highest BCUT2D eigenvalue weighted by Crippen LogP contribution is 2.53. The number of likely N-dealkylation sites (tertiary alicyclic amines) is 1. The lowest BCUT2D eigenvalue weighted by Gasteiger charge is -2.38. The standard InChI is InChI=1S/C29H34N2O4/c1-6-18(2)29(27(34)35)23-22(25(32)31(26(23)33)28(3,4)5)24(30-29)21-16-14-20(15-17-21)13-12-19-10-8-7-9-11-19/h7-18,22-24,30H,6H2,1-5H3,(H,34,35). The normalized spacial score (nSPS) is 27.5. The summed E-state index contributed by atoms with van der Waals surface area (Å²) in [5.74, 6) is -3.84. The van der Waals surface area contributed by atoms with Crippen molar-refractivity contribution in [1.82, 2.24) is 10.2 Å².